The molecule has 100 valence electrons. The van der Waals surface area contributed by atoms with E-state index in [1.165, 1.54) is 18.2 Å². The summed E-state index contributed by atoms with van der Waals surface area (Å²) in [7, 11) is 0. The van der Waals surface area contributed by atoms with Gasteiger partial charge < -0.3 is 10.5 Å². The quantitative estimate of drug-likeness (QED) is 0.656. The van der Waals surface area contributed by atoms with E-state index in [1.807, 2.05) is 0 Å². The van der Waals surface area contributed by atoms with Crippen LogP contribution in [-0.4, -0.2) is 23.9 Å². The molecule has 0 fully saturated rings. The van der Waals surface area contributed by atoms with E-state index in [0.29, 0.717) is 10.0 Å². The van der Waals surface area contributed by atoms with Crippen LogP contribution in [0.5, 0.6) is 5.75 Å². The Kier molecular flexibility index (Phi) is 4.92. The molecule has 0 atom stereocenters. The third-order valence-corrected chi connectivity index (χ3v) is 2.83. The molecule has 0 bridgehead atoms. The van der Waals surface area contributed by atoms with Crippen molar-refractivity contribution in [1.82, 2.24) is 0 Å². The van der Waals surface area contributed by atoms with Crippen molar-refractivity contribution in [2.24, 2.45) is 5.73 Å². The van der Waals surface area contributed by atoms with Gasteiger partial charge in [-0.25, -0.2) is 8.78 Å². The molecule has 0 aliphatic rings. The lowest BCUT2D eigenvalue weighted by Crippen LogP contribution is -2.33. The van der Waals surface area contributed by atoms with Crippen molar-refractivity contribution >= 4 is 33.1 Å². The van der Waals surface area contributed by atoms with Crippen molar-refractivity contribution in [2.45, 2.75) is 12.3 Å². The second-order valence-electron chi connectivity index (χ2n) is 3.36. The van der Waals surface area contributed by atoms with Crippen molar-refractivity contribution in [3.05, 3.63) is 28.2 Å². The zero-order valence-electron chi connectivity index (χ0n) is 8.80. The summed E-state index contributed by atoms with van der Waals surface area (Å²) in [6, 6.07) is 4.10. The van der Waals surface area contributed by atoms with E-state index in [-0.39, 0.29) is 10.7 Å². The molecule has 8 heteroatoms. The Hall–Kier alpha value is -0.890. The number of benzene rings is 1. The minimum Gasteiger partial charge on any atom is -0.487 e. The van der Waals surface area contributed by atoms with Crippen molar-refractivity contribution in [3.63, 3.8) is 0 Å². The molecule has 2 N–H and O–H groups in total. The maximum atomic E-state index is 12.6. The summed E-state index contributed by atoms with van der Waals surface area (Å²) in [4.78, 5) is 0.117. The van der Waals surface area contributed by atoms with Gasteiger partial charge in [-0.1, -0.05) is 12.2 Å². The summed E-state index contributed by atoms with van der Waals surface area (Å²) >= 11 is 7.85. The molecule has 0 unspecified atom stereocenters. The van der Waals surface area contributed by atoms with Crippen molar-refractivity contribution in [1.29, 1.82) is 0 Å². The number of ether oxygens (including phenoxy) is 1. The fourth-order valence-electron chi connectivity index (χ4n) is 1.03. The van der Waals surface area contributed by atoms with E-state index in [2.05, 4.69) is 20.7 Å². The summed E-state index contributed by atoms with van der Waals surface area (Å²) in [5, 5.41) is 0. The molecule has 0 spiro atoms. The van der Waals surface area contributed by atoms with Crippen molar-refractivity contribution in [2.75, 3.05) is 6.61 Å². The molecule has 0 saturated carbocycles. The van der Waals surface area contributed by atoms with Gasteiger partial charge in [-0.3, -0.25) is 0 Å². The molecule has 1 aromatic carbocycles. The maximum absolute atomic E-state index is 12.6. The van der Waals surface area contributed by atoms with Crippen LogP contribution in [0.4, 0.5) is 17.6 Å². The lowest BCUT2D eigenvalue weighted by atomic mass is 10.2. The van der Waals surface area contributed by atoms with Crippen LogP contribution >= 0.6 is 28.1 Å². The normalized spacial score (nSPS) is 11.7. The average molecular weight is 346 g/mol. The van der Waals surface area contributed by atoms with E-state index in [0.717, 1.165) is 0 Å². The Morgan fingerprint density at radius 3 is 2.50 bits per heavy atom. The molecular formula is C10H8BrF4NOS. The van der Waals surface area contributed by atoms with Gasteiger partial charge in [0.25, 0.3) is 0 Å². The molecular weight excluding hydrogens is 338 g/mol. The molecule has 0 amide bonds. The third-order valence-electron chi connectivity index (χ3n) is 1.96. The SMILES string of the molecule is NC(=S)c1ccc(OCC(F)(F)C(F)F)cc1Br. The zero-order valence-corrected chi connectivity index (χ0v) is 11.2. The van der Waals surface area contributed by atoms with Gasteiger partial charge >= 0.3 is 12.3 Å². The van der Waals surface area contributed by atoms with Crippen LogP contribution in [0.1, 0.15) is 5.56 Å². The maximum Gasteiger partial charge on any atom is 0.340 e. The summed E-state index contributed by atoms with van der Waals surface area (Å²) in [6.45, 7) is -1.40. The van der Waals surface area contributed by atoms with E-state index in [1.54, 1.807) is 0 Å². The number of alkyl halides is 4. The first-order valence-electron chi connectivity index (χ1n) is 4.62. The highest BCUT2D eigenvalue weighted by atomic mass is 79.9. The first-order chi connectivity index (χ1) is 8.24. The van der Waals surface area contributed by atoms with E-state index >= 15 is 0 Å². The Labute approximate surface area is 114 Å². The Balaban J connectivity index is 2.76. The summed E-state index contributed by atoms with van der Waals surface area (Å²) in [5.74, 6) is -4.17. The van der Waals surface area contributed by atoms with Gasteiger partial charge in [0.15, 0.2) is 6.61 Å². The first-order valence-corrected chi connectivity index (χ1v) is 5.82. The third kappa shape index (κ3) is 3.81. The monoisotopic (exact) mass is 345 g/mol. The number of rotatable bonds is 5. The summed E-state index contributed by atoms with van der Waals surface area (Å²) in [6.07, 6.45) is -3.77. The predicted molar refractivity (Wildman–Crippen MR) is 66.5 cm³/mol. The van der Waals surface area contributed by atoms with E-state index < -0.39 is 19.0 Å². The number of hydrogen-bond donors (Lipinski definition) is 1. The average Bonchev–Trinajstić information content (AvgIpc) is 2.25. The Bertz CT molecular complexity index is 456. The van der Waals surface area contributed by atoms with Gasteiger partial charge in [0.1, 0.15) is 10.7 Å². The second kappa shape index (κ2) is 5.83. The smallest absolute Gasteiger partial charge is 0.340 e. The fourth-order valence-corrected chi connectivity index (χ4v) is 1.91. The van der Waals surface area contributed by atoms with Crippen LogP contribution < -0.4 is 10.5 Å². The fraction of sp³-hybridized carbons (Fsp3) is 0.300. The van der Waals surface area contributed by atoms with Gasteiger partial charge in [0, 0.05) is 10.0 Å². The highest BCUT2D eigenvalue weighted by Gasteiger charge is 2.41. The lowest BCUT2D eigenvalue weighted by Gasteiger charge is -2.16. The molecule has 0 aromatic heterocycles. The van der Waals surface area contributed by atoms with Gasteiger partial charge in [-0.05, 0) is 34.1 Å². The first kappa shape index (κ1) is 15.2. The van der Waals surface area contributed by atoms with Crippen LogP contribution in [0.15, 0.2) is 22.7 Å². The van der Waals surface area contributed by atoms with Crippen LogP contribution in [0, 0.1) is 0 Å². The Morgan fingerprint density at radius 2 is 2.06 bits per heavy atom. The number of halogens is 5. The van der Waals surface area contributed by atoms with Gasteiger partial charge in [-0.2, -0.15) is 8.78 Å². The Morgan fingerprint density at radius 1 is 1.44 bits per heavy atom. The molecule has 18 heavy (non-hydrogen) atoms. The number of hydrogen-bond acceptors (Lipinski definition) is 2. The number of thiocarbonyl (C=S) groups is 1. The van der Waals surface area contributed by atoms with Gasteiger partial charge in [0.05, 0.1) is 0 Å². The van der Waals surface area contributed by atoms with Gasteiger partial charge in [-0.15, -0.1) is 0 Å². The van der Waals surface area contributed by atoms with Crippen molar-refractivity contribution < 1.29 is 22.3 Å². The molecule has 0 saturated heterocycles. The topological polar surface area (TPSA) is 35.2 Å². The minimum absolute atomic E-state index is 0.0159. The summed E-state index contributed by atoms with van der Waals surface area (Å²) < 4.78 is 54.0. The molecule has 1 rings (SSSR count). The van der Waals surface area contributed by atoms with Crippen LogP contribution in [0.25, 0.3) is 0 Å². The molecule has 1 aromatic rings. The second-order valence-corrected chi connectivity index (χ2v) is 4.65. The standard InChI is InChI=1S/C10H8BrF4NOS/c11-7-3-5(1-2-6(7)8(16)18)17-4-10(14,15)9(12)13/h1-3,9H,4H2,(H2,16,18). The number of nitrogens with two attached hydrogens (primary N) is 1. The van der Waals surface area contributed by atoms with E-state index in [9.17, 15) is 17.6 Å². The highest BCUT2D eigenvalue weighted by molar-refractivity contribution is 9.10. The van der Waals surface area contributed by atoms with Crippen LogP contribution in [-0.2, 0) is 0 Å². The molecule has 0 aliphatic heterocycles. The summed E-state index contributed by atoms with van der Waals surface area (Å²) in [5.41, 5.74) is 5.89. The van der Waals surface area contributed by atoms with Crippen molar-refractivity contribution in [3.8, 4) is 5.75 Å². The van der Waals surface area contributed by atoms with Gasteiger partial charge in [0.2, 0.25) is 0 Å². The predicted octanol–water partition coefficient (Wildman–Crippen LogP) is 3.36. The molecule has 0 radical (unpaired) electrons. The molecule has 0 aliphatic carbocycles. The minimum atomic E-state index is -4.19. The zero-order chi connectivity index (χ0) is 13.9. The molecule has 2 nitrogen and oxygen atoms in total. The van der Waals surface area contributed by atoms with Crippen LogP contribution in [0.2, 0.25) is 0 Å². The lowest BCUT2D eigenvalue weighted by molar-refractivity contribution is -0.148. The highest BCUT2D eigenvalue weighted by Crippen LogP contribution is 2.27. The van der Waals surface area contributed by atoms with E-state index in [4.69, 9.17) is 18.0 Å². The molecule has 0 heterocycles. The largest absolute Gasteiger partial charge is 0.487 e. The van der Waals surface area contributed by atoms with Crippen LogP contribution in [0.3, 0.4) is 0 Å².